The number of aryl methyl sites for hydroxylation is 1. The maximum Gasteiger partial charge on any atom is 0.407 e. The van der Waals surface area contributed by atoms with Crippen LogP contribution in [-0.4, -0.2) is 35.8 Å². The summed E-state index contributed by atoms with van der Waals surface area (Å²) in [6.45, 7) is 2.90. The van der Waals surface area contributed by atoms with Crippen molar-refractivity contribution in [2.24, 2.45) is 0 Å². The van der Waals surface area contributed by atoms with E-state index in [1.54, 1.807) is 12.0 Å². The topological polar surface area (TPSA) is 49.8 Å². The lowest BCUT2D eigenvalue weighted by atomic mass is 9.98. The predicted octanol–water partition coefficient (Wildman–Crippen LogP) is 5.81. The second kappa shape index (κ2) is 11.2. The Morgan fingerprint density at radius 1 is 1.19 bits per heavy atom. The molecule has 1 heterocycles. The van der Waals surface area contributed by atoms with Crippen molar-refractivity contribution in [3.63, 3.8) is 0 Å². The van der Waals surface area contributed by atoms with Crippen LogP contribution in [0.25, 0.3) is 0 Å². The van der Waals surface area contributed by atoms with Crippen molar-refractivity contribution < 1.29 is 14.6 Å². The van der Waals surface area contributed by atoms with Crippen LogP contribution in [0.2, 0.25) is 0 Å². The molecule has 1 fully saturated rings. The second-order valence-electron chi connectivity index (χ2n) is 7.49. The van der Waals surface area contributed by atoms with E-state index in [0.717, 1.165) is 31.2 Å². The van der Waals surface area contributed by atoms with E-state index in [9.17, 15) is 9.90 Å². The van der Waals surface area contributed by atoms with Gasteiger partial charge in [-0.05, 0) is 43.2 Å². The van der Waals surface area contributed by atoms with E-state index in [2.05, 4.69) is 31.2 Å². The van der Waals surface area contributed by atoms with Gasteiger partial charge in [-0.25, -0.2) is 4.79 Å². The van der Waals surface area contributed by atoms with E-state index in [1.165, 1.54) is 44.1 Å². The molecule has 2 rings (SSSR count). The van der Waals surface area contributed by atoms with Gasteiger partial charge >= 0.3 is 6.09 Å². The number of ether oxygens (including phenoxy) is 1. The molecule has 1 N–H and O–H groups in total. The number of carbonyl (C=O) groups is 1. The molecule has 4 heteroatoms. The molecule has 1 aromatic rings. The van der Waals surface area contributed by atoms with E-state index in [4.69, 9.17) is 4.74 Å². The van der Waals surface area contributed by atoms with Crippen molar-refractivity contribution in [3.05, 3.63) is 35.4 Å². The van der Waals surface area contributed by atoms with Crippen LogP contribution in [0, 0.1) is 0 Å². The fourth-order valence-corrected chi connectivity index (χ4v) is 3.96. The van der Waals surface area contributed by atoms with Crippen LogP contribution in [0.15, 0.2) is 24.3 Å². The molecule has 0 saturated carbocycles. The number of hydrogen-bond acceptors (Lipinski definition) is 2. The van der Waals surface area contributed by atoms with Crippen molar-refractivity contribution in [1.82, 2.24) is 4.90 Å². The zero-order valence-corrected chi connectivity index (χ0v) is 16.5. The molecule has 0 aromatic heterocycles. The van der Waals surface area contributed by atoms with Gasteiger partial charge in [0.1, 0.15) is 0 Å². The number of amides is 1. The summed E-state index contributed by atoms with van der Waals surface area (Å²) in [7, 11) is 1.72. The van der Waals surface area contributed by atoms with Crippen LogP contribution in [0.3, 0.4) is 0 Å². The lowest BCUT2D eigenvalue weighted by Gasteiger charge is -2.26. The van der Waals surface area contributed by atoms with Gasteiger partial charge in [-0.2, -0.15) is 0 Å². The summed E-state index contributed by atoms with van der Waals surface area (Å²) < 4.78 is 5.68. The van der Waals surface area contributed by atoms with Crippen LogP contribution < -0.4 is 0 Å². The van der Waals surface area contributed by atoms with E-state index in [0.29, 0.717) is 6.54 Å². The summed E-state index contributed by atoms with van der Waals surface area (Å²) in [5.41, 5.74) is 2.53. The summed E-state index contributed by atoms with van der Waals surface area (Å²) in [6, 6.07) is 8.79. The number of hydrogen-bond donors (Lipinski definition) is 1. The summed E-state index contributed by atoms with van der Waals surface area (Å²) in [5.74, 6) is 0. The number of methoxy groups -OCH3 is 1. The zero-order valence-electron chi connectivity index (χ0n) is 16.5. The Kier molecular flexibility index (Phi) is 8.96. The largest absolute Gasteiger partial charge is 0.465 e. The third-order valence-electron chi connectivity index (χ3n) is 5.56. The quantitative estimate of drug-likeness (QED) is 0.506. The molecular weight excluding hydrogens is 326 g/mol. The minimum Gasteiger partial charge on any atom is -0.465 e. The molecule has 26 heavy (non-hydrogen) atoms. The van der Waals surface area contributed by atoms with Gasteiger partial charge in [0, 0.05) is 19.7 Å². The number of likely N-dealkylation sites (tertiary alicyclic amines) is 1. The first-order valence-corrected chi connectivity index (χ1v) is 10.3. The minimum atomic E-state index is -0.809. The average molecular weight is 362 g/mol. The minimum absolute atomic E-state index is 0.0388. The van der Waals surface area contributed by atoms with Gasteiger partial charge in [0.05, 0.1) is 6.10 Å². The number of benzene rings is 1. The lowest BCUT2D eigenvalue weighted by molar-refractivity contribution is 0.0679. The number of unbranched alkanes of at least 4 members (excludes halogenated alkanes) is 5. The molecule has 0 bridgehead atoms. The number of carboxylic acid groups (broad SMARTS) is 1. The van der Waals surface area contributed by atoms with Gasteiger partial charge in [-0.15, -0.1) is 0 Å². The molecule has 0 radical (unpaired) electrons. The van der Waals surface area contributed by atoms with Gasteiger partial charge in [0.2, 0.25) is 0 Å². The van der Waals surface area contributed by atoms with E-state index < -0.39 is 6.09 Å². The monoisotopic (exact) mass is 361 g/mol. The highest BCUT2D eigenvalue weighted by atomic mass is 16.5. The number of nitrogens with zero attached hydrogens (tertiary/aromatic N) is 1. The predicted molar refractivity (Wildman–Crippen MR) is 106 cm³/mol. The van der Waals surface area contributed by atoms with E-state index in [1.807, 2.05) is 0 Å². The second-order valence-corrected chi connectivity index (χ2v) is 7.49. The fourth-order valence-electron chi connectivity index (χ4n) is 3.96. The fraction of sp³-hybridized carbons (Fsp3) is 0.682. The van der Waals surface area contributed by atoms with Crippen LogP contribution >= 0.6 is 0 Å². The van der Waals surface area contributed by atoms with Gasteiger partial charge < -0.3 is 14.7 Å². The Balaban J connectivity index is 1.82. The normalized spacial score (nSPS) is 18.2. The molecule has 0 aliphatic carbocycles. The Morgan fingerprint density at radius 2 is 1.88 bits per heavy atom. The van der Waals surface area contributed by atoms with Crippen LogP contribution in [0.5, 0.6) is 0 Å². The molecule has 1 aromatic carbocycles. The summed E-state index contributed by atoms with van der Waals surface area (Å²) in [5, 5.41) is 9.31. The molecule has 0 spiro atoms. The van der Waals surface area contributed by atoms with E-state index in [-0.39, 0.29) is 12.1 Å². The average Bonchev–Trinajstić information content (AvgIpc) is 3.12. The maximum atomic E-state index is 11.3. The van der Waals surface area contributed by atoms with Crippen molar-refractivity contribution >= 4 is 6.09 Å². The molecule has 1 aliphatic heterocycles. The Bertz CT molecular complexity index is 529. The highest BCUT2D eigenvalue weighted by molar-refractivity contribution is 5.65. The summed E-state index contributed by atoms with van der Waals surface area (Å²) >= 11 is 0. The standard InChI is InChI=1S/C22H35NO3/c1-3-4-5-6-7-8-10-18-12-14-19(15-13-18)21(26-2)17-20-11-9-16-23(20)22(24)25/h12-15,20-21H,3-11,16-17H2,1-2H3,(H,24,25)/t20-,21?/m0/s1. The smallest absolute Gasteiger partial charge is 0.407 e. The molecule has 146 valence electrons. The van der Waals surface area contributed by atoms with Gasteiger partial charge in [-0.3, -0.25) is 0 Å². The molecular formula is C22H35NO3. The number of rotatable bonds is 11. The van der Waals surface area contributed by atoms with E-state index >= 15 is 0 Å². The maximum absolute atomic E-state index is 11.3. The third kappa shape index (κ3) is 6.31. The van der Waals surface area contributed by atoms with Gasteiger partial charge in [0.15, 0.2) is 0 Å². The molecule has 2 atom stereocenters. The molecule has 1 amide bonds. The molecule has 4 nitrogen and oxygen atoms in total. The summed E-state index contributed by atoms with van der Waals surface area (Å²) in [4.78, 5) is 12.9. The SMILES string of the molecule is CCCCCCCCc1ccc(C(C[C@@H]2CCCN2C(=O)O)OC)cc1. The highest BCUT2D eigenvalue weighted by Gasteiger charge is 2.31. The molecule has 1 aliphatic rings. The zero-order chi connectivity index (χ0) is 18.8. The third-order valence-corrected chi connectivity index (χ3v) is 5.56. The molecule has 1 unspecified atom stereocenters. The van der Waals surface area contributed by atoms with Crippen molar-refractivity contribution in [3.8, 4) is 0 Å². The Morgan fingerprint density at radius 3 is 2.54 bits per heavy atom. The van der Waals surface area contributed by atoms with Crippen molar-refractivity contribution in [2.75, 3.05) is 13.7 Å². The first kappa shape index (κ1) is 20.8. The first-order valence-electron chi connectivity index (χ1n) is 10.3. The van der Waals surface area contributed by atoms with Crippen LogP contribution in [-0.2, 0) is 11.2 Å². The van der Waals surface area contributed by atoms with Crippen molar-refractivity contribution in [2.45, 2.75) is 83.3 Å². The van der Waals surface area contributed by atoms with Crippen molar-refractivity contribution in [1.29, 1.82) is 0 Å². The van der Waals surface area contributed by atoms with Gasteiger partial charge in [-0.1, -0.05) is 63.3 Å². The molecule has 1 saturated heterocycles. The Labute approximate surface area is 158 Å². The van der Waals surface area contributed by atoms with Gasteiger partial charge in [0.25, 0.3) is 0 Å². The van der Waals surface area contributed by atoms with Crippen LogP contribution in [0.1, 0.15) is 81.9 Å². The Hall–Kier alpha value is -1.55. The highest BCUT2D eigenvalue weighted by Crippen LogP contribution is 2.29. The lowest BCUT2D eigenvalue weighted by Crippen LogP contribution is -2.35. The van der Waals surface area contributed by atoms with Crippen LogP contribution in [0.4, 0.5) is 4.79 Å². The summed E-state index contributed by atoms with van der Waals surface area (Å²) in [6.07, 6.45) is 10.8. The first-order chi connectivity index (χ1) is 12.7.